The Bertz CT molecular complexity index is 1080. The van der Waals surface area contributed by atoms with Crippen LogP contribution in [0.15, 0.2) is 42.7 Å². The van der Waals surface area contributed by atoms with Gasteiger partial charge in [-0.1, -0.05) is 0 Å². The molecular formula is C14H4Na2O8. The molecule has 0 saturated heterocycles. The van der Waals surface area contributed by atoms with Gasteiger partial charge in [0.05, 0.1) is 5.39 Å². The van der Waals surface area contributed by atoms with E-state index in [9.17, 15) is 29.4 Å². The van der Waals surface area contributed by atoms with E-state index < -0.39 is 34.3 Å². The van der Waals surface area contributed by atoms with Crippen molar-refractivity contribution in [2.75, 3.05) is 0 Å². The molecule has 0 aliphatic heterocycles. The number of carbonyl (C=O) groups excluding carboxylic acids is 2. The van der Waals surface area contributed by atoms with E-state index in [1.54, 1.807) is 0 Å². The molecule has 8 nitrogen and oxygen atoms in total. The first kappa shape index (κ1) is 20.6. The average molecular weight is 346 g/mol. The van der Waals surface area contributed by atoms with Gasteiger partial charge >= 0.3 is 59.1 Å². The largest absolute Gasteiger partial charge is 1.00 e. The van der Waals surface area contributed by atoms with Crippen molar-refractivity contribution in [3.05, 3.63) is 56.2 Å². The van der Waals surface area contributed by atoms with Gasteiger partial charge in [-0.05, 0) is 12.1 Å². The van der Waals surface area contributed by atoms with E-state index in [1.807, 2.05) is 0 Å². The van der Waals surface area contributed by atoms with Gasteiger partial charge in [-0.2, -0.15) is 0 Å². The average Bonchev–Trinajstić information content (AvgIpc) is 2.45. The number of carbonyl (C=O) groups is 2. The monoisotopic (exact) mass is 346 g/mol. The van der Waals surface area contributed by atoms with Crippen LogP contribution in [0.1, 0.15) is 21.1 Å². The molecule has 1 aromatic carbocycles. The predicted molar refractivity (Wildman–Crippen MR) is 67.2 cm³/mol. The third-order valence-corrected chi connectivity index (χ3v) is 2.99. The fraction of sp³-hybridized carbons (Fsp3) is 0. The minimum atomic E-state index is -1.73. The molecule has 110 valence electrons. The molecule has 10 heteroatoms. The van der Waals surface area contributed by atoms with Gasteiger partial charge in [0, 0.05) is 12.1 Å². The second-order valence-corrected chi connectivity index (χ2v) is 4.34. The number of hydrogen-bond acceptors (Lipinski definition) is 8. The first-order chi connectivity index (χ1) is 10.4. The SMILES string of the molecule is O=C([O-])c1cc(=O)c2c(ccc3c(=O)cc(C(=O)[O-])oc32)o1.[Na+].[Na+]. The molecule has 0 aliphatic carbocycles. The summed E-state index contributed by atoms with van der Waals surface area (Å²) in [7, 11) is 0. The van der Waals surface area contributed by atoms with E-state index in [2.05, 4.69) is 0 Å². The van der Waals surface area contributed by atoms with Crippen molar-refractivity contribution in [2.24, 2.45) is 0 Å². The fourth-order valence-corrected chi connectivity index (χ4v) is 2.06. The minimum Gasteiger partial charge on any atom is -0.542 e. The summed E-state index contributed by atoms with van der Waals surface area (Å²) in [4.78, 5) is 45.5. The van der Waals surface area contributed by atoms with Gasteiger partial charge in [0.15, 0.2) is 28.0 Å². The van der Waals surface area contributed by atoms with Crippen LogP contribution in [0.25, 0.3) is 21.9 Å². The molecule has 3 rings (SSSR count). The smallest absolute Gasteiger partial charge is 0.542 e. The summed E-state index contributed by atoms with van der Waals surface area (Å²) in [6.45, 7) is 0. The second kappa shape index (κ2) is 7.64. The molecule has 2 heterocycles. The molecule has 0 saturated carbocycles. The van der Waals surface area contributed by atoms with Gasteiger partial charge in [0.25, 0.3) is 0 Å². The normalized spacial score (nSPS) is 10.0. The Balaban J connectivity index is 0.00000144. The van der Waals surface area contributed by atoms with Gasteiger partial charge in [-0.15, -0.1) is 0 Å². The maximum Gasteiger partial charge on any atom is 1.00 e. The van der Waals surface area contributed by atoms with Gasteiger partial charge in [0.1, 0.15) is 22.9 Å². The van der Waals surface area contributed by atoms with Crippen molar-refractivity contribution in [3.63, 3.8) is 0 Å². The molecule has 0 fully saturated rings. The molecule has 0 unspecified atom stereocenters. The quantitative estimate of drug-likeness (QED) is 0.329. The van der Waals surface area contributed by atoms with E-state index in [4.69, 9.17) is 8.83 Å². The zero-order chi connectivity index (χ0) is 16.0. The summed E-state index contributed by atoms with van der Waals surface area (Å²) in [5.41, 5.74) is -2.00. The third-order valence-electron chi connectivity index (χ3n) is 2.99. The number of fused-ring (bicyclic) bond motifs is 3. The van der Waals surface area contributed by atoms with Crippen LogP contribution in [0, 0.1) is 0 Å². The van der Waals surface area contributed by atoms with Crippen molar-refractivity contribution in [3.8, 4) is 0 Å². The van der Waals surface area contributed by atoms with Gasteiger partial charge < -0.3 is 28.6 Å². The van der Waals surface area contributed by atoms with Crippen molar-refractivity contribution in [1.82, 2.24) is 0 Å². The Kier molecular flexibility index (Phi) is 6.57. The first-order valence-electron chi connectivity index (χ1n) is 5.86. The number of rotatable bonds is 2. The standard InChI is InChI=1S/C14H6O8.2Na/c15-6-3-10(14(19)20)22-12-5(6)1-2-8-11(12)7(16)4-9(21-8)13(17)18;;/h1-4H,(H,17,18)(H,19,20);;/q;2*+1/p-2. The summed E-state index contributed by atoms with van der Waals surface area (Å²) < 4.78 is 9.98. The maximum atomic E-state index is 12.0. The number of carboxylic acid groups (broad SMARTS) is 2. The Morgan fingerprint density at radius 2 is 1.38 bits per heavy atom. The van der Waals surface area contributed by atoms with Crippen LogP contribution < -0.4 is 80.2 Å². The van der Waals surface area contributed by atoms with Gasteiger partial charge in [-0.25, -0.2) is 0 Å². The molecule has 0 N–H and O–H groups in total. The van der Waals surface area contributed by atoms with Gasteiger partial charge in [0.2, 0.25) is 0 Å². The summed E-state index contributed by atoms with van der Waals surface area (Å²) in [5, 5.41) is 21.3. The van der Waals surface area contributed by atoms with E-state index in [-0.39, 0.29) is 81.1 Å². The summed E-state index contributed by atoms with van der Waals surface area (Å²) in [6.07, 6.45) is 0. The van der Waals surface area contributed by atoms with Crippen molar-refractivity contribution >= 4 is 33.9 Å². The molecular weight excluding hydrogens is 342 g/mol. The first-order valence-corrected chi connectivity index (χ1v) is 5.86. The molecule has 0 spiro atoms. The van der Waals surface area contributed by atoms with E-state index in [0.29, 0.717) is 6.07 Å². The molecule has 0 atom stereocenters. The van der Waals surface area contributed by atoms with Crippen molar-refractivity contribution in [2.45, 2.75) is 0 Å². The summed E-state index contributed by atoms with van der Waals surface area (Å²) in [5.74, 6) is -4.88. The molecule has 0 radical (unpaired) electrons. The van der Waals surface area contributed by atoms with Crippen LogP contribution >= 0.6 is 0 Å². The van der Waals surface area contributed by atoms with Crippen molar-refractivity contribution < 1.29 is 87.8 Å². The summed E-state index contributed by atoms with van der Waals surface area (Å²) in [6, 6.07) is 3.81. The summed E-state index contributed by atoms with van der Waals surface area (Å²) >= 11 is 0. The number of aromatic carboxylic acids is 2. The van der Waals surface area contributed by atoms with E-state index >= 15 is 0 Å². The van der Waals surface area contributed by atoms with Crippen molar-refractivity contribution in [1.29, 1.82) is 0 Å². The van der Waals surface area contributed by atoms with Crippen LogP contribution in [0.3, 0.4) is 0 Å². The second-order valence-electron chi connectivity index (χ2n) is 4.34. The van der Waals surface area contributed by atoms with E-state index in [1.165, 1.54) is 12.1 Å². The molecule has 2 aromatic heterocycles. The van der Waals surface area contributed by atoms with E-state index in [0.717, 1.165) is 6.07 Å². The molecule has 0 amide bonds. The predicted octanol–water partition coefficient (Wildman–Crippen LogP) is -7.37. The number of carboxylic acids is 2. The fourth-order valence-electron chi connectivity index (χ4n) is 2.06. The number of hydrogen-bond donors (Lipinski definition) is 0. The molecule has 24 heavy (non-hydrogen) atoms. The third kappa shape index (κ3) is 3.49. The van der Waals surface area contributed by atoms with Crippen LogP contribution in [0.5, 0.6) is 0 Å². The van der Waals surface area contributed by atoms with Crippen LogP contribution in [0.4, 0.5) is 0 Å². The van der Waals surface area contributed by atoms with Crippen LogP contribution in [0.2, 0.25) is 0 Å². The van der Waals surface area contributed by atoms with Crippen LogP contribution in [-0.4, -0.2) is 11.9 Å². The molecule has 0 aliphatic rings. The Morgan fingerprint density at radius 3 is 1.96 bits per heavy atom. The number of benzene rings is 1. The van der Waals surface area contributed by atoms with Crippen LogP contribution in [-0.2, 0) is 0 Å². The maximum absolute atomic E-state index is 12.0. The Hall–Kier alpha value is -1.42. The molecule has 0 bridgehead atoms. The molecule has 3 aromatic rings. The Labute approximate surface area is 176 Å². The van der Waals surface area contributed by atoms with Gasteiger partial charge in [-0.3, -0.25) is 9.59 Å². The zero-order valence-electron chi connectivity index (χ0n) is 12.6. The Morgan fingerprint density at radius 1 is 0.833 bits per heavy atom. The minimum absolute atomic E-state index is 0. The zero-order valence-corrected chi connectivity index (χ0v) is 16.6. The topological polar surface area (TPSA) is 141 Å².